The van der Waals surface area contributed by atoms with Crippen LogP contribution >= 0.6 is 0 Å². The SMILES string of the molecule is COc1cccc(CN2CCCC(C)(CO)C2)c1. The molecule has 100 valence electrons. The molecule has 1 aromatic rings. The molecule has 1 heterocycles. The summed E-state index contributed by atoms with van der Waals surface area (Å²) < 4.78 is 5.25. The Hall–Kier alpha value is -1.06. The zero-order valence-electron chi connectivity index (χ0n) is 11.4. The second-order valence-electron chi connectivity index (χ2n) is 5.63. The van der Waals surface area contributed by atoms with Crippen molar-refractivity contribution in [3.63, 3.8) is 0 Å². The molecule has 0 bridgehead atoms. The molecule has 0 aliphatic carbocycles. The summed E-state index contributed by atoms with van der Waals surface area (Å²) in [5.74, 6) is 0.912. The molecule has 3 nitrogen and oxygen atoms in total. The molecule has 1 aliphatic rings. The van der Waals surface area contributed by atoms with E-state index < -0.39 is 0 Å². The standard InChI is InChI=1S/C15H23NO2/c1-15(12-17)7-4-8-16(11-15)10-13-5-3-6-14(9-13)18-2/h3,5-6,9,17H,4,7-8,10-12H2,1-2H3. The summed E-state index contributed by atoms with van der Waals surface area (Å²) in [5.41, 5.74) is 1.34. The third-order valence-electron chi connectivity index (χ3n) is 3.78. The zero-order chi connectivity index (χ0) is 13.0. The van der Waals surface area contributed by atoms with E-state index in [1.54, 1.807) is 7.11 Å². The number of hydrogen-bond donors (Lipinski definition) is 1. The molecule has 0 amide bonds. The summed E-state index contributed by atoms with van der Waals surface area (Å²) in [6.45, 7) is 5.48. The summed E-state index contributed by atoms with van der Waals surface area (Å²) in [5, 5.41) is 9.47. The Bertz CT molecular complexity index is 394. The Labute approximate surface area is 109 Å². The number of hydrogen-bond acceptors (Lipinski definition) is 3. The van der Waals surface area contributed by atoms with Gasteiger partial charge in [-0.25, -0.2) is 0 Å². The van der Waals surface area contributed by atoms with Gasteiger partial charge in [-0.05, 0) is 37.1 Å². The van der Waals surface area contributed by atoms with Crippen molar-refractivity contribution in [1.29, 1.82) is 0 Å². The van der Waals surface area contributed by atoms with Crippen LogP contribution in [0.3, 0.4) is 0 Å². The molecule has 0 radical (unpaired) electrons. The quantitative estimate of drug-likeness (QED) is 0.888. The lowest BCUT2D eigenvalue weighted by Crippen LogP contribution is -2.43. The second-order valence-corrected chi connectivity index (χ2v) is 5.63. The maximum Gasteiger partial charge on any atom is 0.119 e. The van der Waals surface area contributed by atoms with Gasteiger partial charge < -0.3 is 9.84 Å². The van der Waals surface area contributed by atoms with Gasteiger partial charge in [-0.2, -0.15) is 0 Å². The highest BCUT2D eigenvalue weighted by atomic mass is 16.5. The van der Waals surface area contributed by atoms with Crippen LogP contribution in [0.4, 0.5) is 0 Å². The first-order chi connectivity index (χ1) is 8.65. The fourth-order valence-corrected chi connectivity index (χ4v) is 2.72. The number of aliphatic hydroxyl groups is 1. The summed E-state index contributed by atoms with van der Waals surface area (Å²) >= 11 is 0. The molecule has 1 aromatic carbocycles. The van der Waals surface area contributed by atoms with Gasteiger partial charge in [0.1, 0.15) is 5.75 Å². The Morgan fingerprint density at radius 2 is 2.28 bits per heavy atom. The maximum absolute atomic E-state index is 9.47. The predicted octanol–water partition coefficient (Wildman–Crippen LogP) is 2.29. The molecule has 0 spiro atoms. The van der Waals surface area contributed by atoms with E-state index in [1.807, 2.05) is 12.1 Å². The fraction of sp³-hybridized carbons (Fsp3) is 0.600. The first-order valence-corrected chi connectivity index (χ1v) is 6.61. The van der Waals surface area contributed by atoms with E-state index in [2.05, 4.69) is 24.0 Å². The molecule has 1 atom stereocenters. The minimum atomic E-state index is 0.0666. The van der Waals surface area contributed by atoms with Crippen LogP contribution < -0.4 is 4.74 Å². The van der Waals surface area contributed by atoms with Crippen LogP contribution in [0.2, 0.25) is 0 Å². The molecular weight excluding hydrogens is 226 g/mol. The maximum atomic E-state index is 9.47. The van der Waals surface area contributed by atoms with Crippen molar-refractivity contribution in [2.75, 3.05) is 26.8 Å². The van der Waals surface area contributed by atoms with Crippen molar-refractivity contribution in [1.82, 2.24) is 4.90 Å². The lowest BCUT2D eigenvalue weighted by molar-refractivity contribution is 0.0429. The molecule has 1 aliphatic heterocycles. The van der Waals surface area contributed by atoms with Crippen LogP contribution in [0.15, 0.2) is 24.3 Å². The molecule has 1 unspecified atom stereocenters. The van der Waals surface area contributed by atoms with Crippen LogP contribution in [-0.4, -0.2) is 36.8 Å². The Morgan fingerprint density at radius 1 is 1.44 bits per heavy atom. The number of likely N-dealkylation sites (tertiary alicyclic amines) is 1. The number of nitrogens with zero attached hydrogens (tertiary/aromatic N) is 1. The highest BCUT2D eigenvalue weighted by Gasteiger charge is 2.30. The van der Waals surface area contributed by atoms with E-state index in [9.17, 15) is 5.11 Å². The Kier molecular flexibility index (Phi) is 4.25. The third kappa shape index (κ3) is 3.24. The predicted molar refractivity (Wildman–Crippen MR) is 72.7 cm³/mol. The van der Waals surface area contributed by atoms with E-state index in [0.29, 0.717) is 0 Å². The Morgan fingerprint density at radius 3 is 3.00 bits per heavy atom. The van der Waals surface area contributed by atoms with Gasteiger partial charge >= 0.3 is 0 Å². The normalized spacial score (nSPS) is 25.1. The van der Waals surface area contributed by atoms with Gasteiger partial charge in [0.2, 0.25) is 0 Å². The third-order valence-corrected chi connectivity index (χ3v) is 3.78. The van der Waals surface area contributed by atoms with Crippen LogP contribution in [0, 0.1) is 5.41 Å². The van der Waals surface area contributed by atoms with E-state index >= 15 is 0 Å². The molecule has 1 saturated heterocycles. The number of benzene rings is 1. The van der Waals surface area contributed by atoms with Gasteiger partial charge in [-0.1, -0.05) is 19.1 Å². The molecule has 0 aromatic heterocycles. The molecule has 0 saturated carbocycles. The van der Waals surface area contributed by atoms with E-state index in [4.69, 9.17) is 4.74 Å². The van der Waals surface area contributed by atoms with Crippen molar-refractivity contribution in [3.8, 4) is 5.75 Å². The van der Waals surface area contributed by atoms with Gasteiger partial charge in [0.05, 0.1) is 7.11 Å². The number of ether oxygens (including phenoxy) is 1. The minimum absolute atomic E-state index is 0.0666. The molecule has 1 fully saturated rings. The summed E-state index contributed by atoms with van der Waals surface area (Å²) in [6.07, 6.45) is 2.29. The minimum Gasteiger partial charge on any atom is -0.497 e. The van der Waals surface area contributed by atoms with Gasteiger partial charge in [-0.3, -0.25) is 4.90 Å². The second kappa shape index (κ2) is 5.72. The number of piperidine rings is 1. The van der Waals surface area contributed by atoms with Crippen LogP contribution in [0.1, 0.15) is 25.3 Å². The van der Waals surface area contributed by atoms with Gasteiger partial charge in [0.25, 0.3) is 0 Å². The number of aliphatic hydroxyl groups excluding tert-OH is 1. The first kappa shape index (κ1) is 13.4. The van der Waals surface area contributed by atoms with Gasteiger partial charge in [0.15, 0.2) is 0 Å². The zero-order valence-corrected chi connectivity index (χ0v) is 11.4. The summed E-state index contributed by atoms with van der Waals surface area (Å²) in [6, 6.07) is 8.22. The van der Waals surface area contributed by atoms with E-state index in [1.165, 1.54) is 12.0 Å². The van der Waals surface area contributed by atoms with Crippen molar-refractivity contribution < 1.29 is 9.84 Å². The monoisotopic (exact) mass is 249 g/mol. The molecule has 1 N–H and O–H groups in total. The number of rotatable bonds is 4. The fourth-order valence-electron chi connectivity index (χ4n) is 2.72. The van der Waals surface area contributed by atoms with Crippen molar-refractivity contribution in [2.24, 2.45) is 5.41 Å². The van der Waals surface area contributed by atoms with Gasteiger partial charge in [-0.15, -0.1) is 0 Å². The van der Waals surface area contributed by atoms with Crippen LogP contribution in [0.25, 0.3) is 0 Å². The van der Waals surface area contributed by atoms with Crippen LogP contribution in [-0.2, 0) is 6.54 Å². The largest absolute Gasteiger partial charge is 0.497 e. The van der Waals surface area contributed by atoms with Crippen molar-refractivity contribution in [2.45, 2.75) is 26.3 Å². The number of methoxy groups -OCH3 is 1. The topological polar surface area (TPSA) is 32.7 Å². The highest BCUT2D eigenvalue weighted by Crippen LogP contribution is 2.29. The molecular formula is C15H23NO2. The first-order valence-electron chi connectivity index (χ1n) is 6.61. The Balaban J connectivity index is 2.00. The summed E-state index contributed by atoms with van der Waals surface area (Å²) in [4.78, 5) is 2.43. The smallest absolute Gasteiger partial charge is 0.119 e. The average molecular weight is 249 g/mol. The van der Waals surface area contributed by atoms with Crippen molar-refractivity contribution in [3.05, 3.63) is 29.8 Å². The lowest BCUT2D eigenvalue weighted by atomic mass is 9.82. The van der Waals surface area contributed by atoms with Crippen molar-refractivity contribution >= 4 is 0 Å². The van der Waals surface area contributed by atoms with Crippen LogP contribution in [0.5, 0.6) is 5.75 Å². The summed E-state index contributed by atoms with van der Waals surface area (Å²) in [7, 11) is 1.70. The average Bonchev–Trinajstić information content (AvgIpc) is 2.39. The highest BCUT2D eigenvalue weighted by molar-refractivity contribution is 5.28. The molecule has 2 rings (SSSR count). The molecule has 18 heavy (non-hydrogen) atoms. The molecule has 3 heteroatoms. The lowest BCUT2D eigenvalue weighted by Gasteiger charge is -2.39. The van der Waals surface area contributed by atoms with Gasteiger partial charge in [0, 0.05) is 25.1 Å². The van der Waals surface area contributed by atoms with E-state index in [0.717, 1.165) is 31.8 Å². The van der Waals surface area contributed by atoms with E-state index in [-0.39, 0.29) is 12.0 Å².